The number of halogens is 3. The van der Waals surface area contributed by atoms with Gasteiger partial charge in [-0.15, -0.1) is 0 Å². The summed E-state index contributed by atoms with van der Waals surface area (Å²) in [6.07, 6.45) is -0.688. The van der Waals surface area contributed by atoms with E-state index in [4.69, 9.17) is 22.1 Å². The summed E-state index contributed by atoms with van der Waals surface area (Å²) >= 11 is 5.78. The van der Waals surface area contributed by atoms with E-state index < -0.39 is 24.2 Å². The summed E-state index contributed by atoms with van der Waals surface area (Å²) in [5, 5.41) is 2.24. The van der Waals surface area contributed by atoms with Crippen molar-refractivity contribution >= 4 is 23.4 Å². The highest BCUT2D eigenvalue weighted by Gasteiger charge is 2.32. The van der Waals surface area contributed by atoms with Crippen LogP contribution < -0.4 is 11.1 Å². The number of ether oxygens (including phenoxy) is 1. The maximum atomic E-state index is 13.4. The molecule has 0 radical (unpaired) electrons. The Bertz CT molecular complexity index is 502. The van der Waals surface area contributed by atoms with Gasteiger partial charge in [-0.05, 0) is 39.0 Å². The van der Waals surface area contributed by atoms with Crippen molar-refractivity contribution in [2.75, 3.05) is 11.9 Å². The van der Waals surface area contributed by atoms with E-state index in [9.17, 15) is 13.6 Å². The van der Waals surface area contributed by atoms with Gasteiger partial charge in [0.2, 0.25) is 0 Å². The van der Waals surface area contributed by atoms with Gasteiger partial charge in [0.25, 0.3) is 5.92 Å². The fourth-order valence-corrected chi connectivity index (χ4v) is 1.74. The number of nitrogens with one attached hydrogen (secondary N) is 1. The lowest BCUT2D eigenvalue weighted by atomic mass is 10.1. The Balaban J connectivity index is 2.86. The number of carbonyl (C=O) groups is 1. The lowest BCUT2D eigenvalue weighted by Crippen LogP contribution is -2.27. The van der Waals surface area contributed by atoms with E-state index in [-0.39, 0.29) is 16.3 Å². The van der Waals surface area contributed by atoms with Crippen LogP contribution in [0.15, 0.2) is 18.2 Å². The first-order chi connectivity index (χ1) is 9.05. The highest BCUT2D eigenvalue weighted by molar-refractivity contribution is 6.31. The Morgan fingerprint density at radius 1 is 1.40 bits per heavy atom. The lowest BCUT2D eigenvalue weighted by Gasteiger charge is -2.20. The molecule has 0 aliphatic carbocycles. The van der Waals surface area contributed by atoms with Gasteiger partial charge in [0.05, 0.1) is 11.6 Å². The number of carbonyl (C=O) groups excluding carboxylic acids is 1. The van der Waals surface area contributed by atoms with Crippen LogP contribution >= 0.6 is 11.6 Å². The zero-order chi connectivity index (χ0) is 15.6. The molecule has 4 nitrogen and oxygen atoms in total. The van der Waals surface area contributed by atoms with Crippen molar-refractivity contribution in [3.63, 3.8) is 0 Å². The van der Waals surface area contributed by atoms with E-state index in [0.29, 0.717) is 0 Å². The Labute approximate surface area is 121 Å². The molecule has 1 aromatic rings. The molecule has 0 bridgehead atoms. The normalized spacial score (nSPS) is 12.2. The number of rotatable bonds is 3. The summed E-state index contributed by atoms with van der Waals surface area (Å²) in [4.78, 5) is 11.5. The topological polar surface area (TPSA) is 64.3 Å². The molecule has 0 aromatic heterocycles. The predicted octanol–water partition coefficient (Wildman–Crippen LogP) is 3.74. The largest absolute Gasteiger partial charge is 0.444 e. The standard InChI is InChI=1S/C13H17ClF2N2O2/c1-12(2,3)20-11(19)18-8-4-5-9(10(14)6-8)13(15,16)7-17/h4-6H,7,17H2,1-3H3,(H,18,19). The fraction of sp³-hybridized carbons (Fsp3) is 0.462. The van der Waals surface area contributed by atoms with Gasteiger partial charge >= 0.3 is 6.09 Å². The Kier molecular flexibility index (Phi) is 4.94. The van der Waals surface area contributed by atoms with Gasteiger partial charge in [0.1, 0.15) is 5.60 Å². The Morgan fingerprint density at radius 3 is 2.45 bits per heavy atom. The molecule has 0 saturated carbocycles. The highest BCUT2D eigenvalue weighted by Crippen LogP contribution is 2.34. The maximum Gasteiger partial charge on any atom is 0.412 e. The molecule has 1 rings (SSSR count). The first-order valence-corrected chi connectivity index (χ1v) is 6.31. The lowest BCUT2D eigenvalue weighted by molar-refractivity contribution is 0.00608. The van der Waals surface area contributed by atoms with Crippen molar-refractivity contribution in [3.8, 4) is 0 Å². The zero-order valence-corrected chi connectivity index (χ0v) is 12.2. The number of nitrogens with two attached hydrogens (primary N) is 1. The highest BCUT2D eigenvalue weighted by atomic mass is 35.5. The molecule has 20 heavy (non-hydrogen) atoms. The van der Waals surface area contributed by atoms with Gasteiger partial charge in [-0.1, -0.05) is 11.6 Å². The van der Waals surface area contributed by atoms with Crippen LogP contribution in [0.2, 0.25) is 5.02 Å². The summed E-state index contributed by atoms with van der Waals surface area (Å²) in [5.74, 6) is -3.21. The fourth-order valence-electron chi connectivity index (χ4n) is 1.42. The smallest absolute Gasteiger partial charge is 0.412 e. The van der Waals surface area contributed by atoms with Crippen molar-refractivity contribution in [1.29, 1.82) is 0 Å². The second-order valence-corrected chi connectivity index (χ2v) is 5.64. The van der Waals surface area contributed by atoms with E-state index in [1.54, 1.807) is 20.8 Å². The molecular formula is C13H17ClF2N2O2. The van der Waals surface area contributed by atoms with Crippen molar-refractivity contribution < 1.29 is 18.3 Å². The van der Waals surface area contributed by atoms with Crippen LogP contribution in [0.25, 0.3) is 0 Å². The average Bonchev–Trinajstić information content (AvgIpc) is 2.25. The van der Waals surface area contributed by atoms with Crippen LogP contribution in [0.4, 0.5) is 19.3 Å². The molecule has 1 aromatic carbocycles. The van der Waals surface area contributed by atoms with Gasteiger partial charge in [-0.3, -0.25) is 5.32 Å². The number of hydrogen-bond acceptors (Lipinski definition) is 3. The third-order valence-electron chi connectivity index (χ3n) is 2.26. The predicted molar refractivity (Wildman–Crippen MR) is 74.3 cm³/mol. The second-order valence-electron chi connectivity index (χ2n) is 5.23. The summed E-state index contributed by atoms with van der Waals surface area (Å²) in [6.45, 7) is 4.30. The van der Waals surface area contributed by atoms with Crippen LogP contribution in [0.5, 0.6) is 0 Å². The molecule has 1 amide bonds. The third-order valence-corrected chi connectivity index (χ3v) is 2.58. The van der Waals surface area contributed by atoms with Crippen LogP contribution in [0, 0.1) is 0 Å². The molecule has 0 aliphatic rings. The molecule has 112 valence electrons. The van der Waals surface area contributed by atoms with Crippen LogP contribution in [-0.4, -0.2) is 18.2 Å². The molecule has 0 saturated heterocycles. The quantitative estimate of drug-likeness (QED) is 0.894. The maximum absolute atomic E-state index is 13.4. The summed E-state index contributed by atoms with van der Waals surface area (Å²) in [6, 6.07) is 3.67. The number of benzene rings is 1. The summed E-state index contributed by atoms with van der Waals surface area (Å²) in [7, 11) is 0. The first-order valence-electron chi connectivity index (χ1n) is 5.93. The van der Waals surface area contributed by atoms with Gasteiger partial charge in [0.15, 0.2) is 0 Å². The van der Waals surface area contributed by atoms with Crippen molar-refractivity contribution in [1.82, 2.24) is 0 Å². The zero-order valence-electron chi connectivity index (χ0n) is 11.5. The van der Waals surface area contributed by atoms with E-state index in [1.165, 1.54) is 12.1 Å². The minimum Gasteiger partial charge on any atom is -0.444 e. The van der Waals surface area contributed by atoms with Crippen LogP contribution in [0.1, 0.15) is 26.3 Å². The summed E-state index contributed by atoms with van der Waals surface area (Å²) in [5.41, 5.74) is 4.23. The van der Waals surface area contributed by atoms with Crippen molar-refractivity contribution in [3.05, 3.63) is 28.8 Å². The van der Waals surface area contributed by atoms with Gasteiger partial charge < -0.3 is 10.5 Å². The molecule has 0 aliphatic heterocycles. The molecule has 0 heterocycles. The van der Waals surface area contributed by atoms with E-state index in [1.807, 2.05) is 0 Å². The minimum absolute atomic E-state index is 0.172. The molecule has 0 atom stereocenters. The van der Waals surface area contributed by atoms with Gasteiger partial charge in [-0.25, -0.2) is 4.79 Å². The molecule has 3 N–H and O–H groups in total. The van der Waals surface area contributed by atoms with Gasteiger partial charge in [0, 0.05) is 11.3 Å². The minimum atomic E-state index is -3.21. The SMILES string of the molecule is CC(C)(C)OC(=O)Nc1ccc(C(F)(F)CN)c(Cl)c1. The van der Waals surface area contributed by atoms with Crippen LogP contribution in [0.3, 0.4) is 0 Å². The van der Waals surface area contributed by atoms with Crippen LogP contribution in [-0.2, 0) is 10.7 Å². The molecular weight excluding hydrogens is 290 g/mol. The molecule has 0 spiro atoms. The number of alkyl halides is 2. The second kappa shape index (κ2) is 5.93. The number of anilines is 1. The average molecular weight is 307 g/mol. The molecule has 0 fully saturated rings. The third kappa shape index (κ3) is 4.61. The van der Waals surface area contributed by atoms with E-state index in [0.717, 1.165) is 6.07 Å². The van der Waals surface area contributed by atoms with E-state index >= 15 is 0 Å². The first kappa shape index (κ1) is 16.7. The summed E-state index contributed by atoms with van der Waals surface area (Å²) < 4.78 is 31.9. The van der Waals surface area contributed by atoms with Gasteiger partial charge in [-0.2, -0.15) is 8.78 Å². The van der Waals surface area contributed by atoms with E-state index in [2.05, 4.69) is 5.32 Å². The Morgan fingerprint density at radius 2 is 2.00 bits per heavy atom. The Hall–Kier alpha value is -1.40. The van der Waals surface area contributed by atoms with Crippen molar-refractivity contribution in [2.45, 2.75) is 32.3 Å². The monoisotopic (exact) mass is 306 g/mol. The van der Waals surface area contributed by atoms with Crippen molar-refractivity contribution in [2.24, 2.45) is 5.73 Å². The number of amides is 1. The molecule has 7 heteroatoms. The number of hydrogen-bond donors (Lipinski definition) is 2. The molecule has 0 unspecified atom stereocenters.